The van der Waals surface area contributed by atoms with E-state index < -0.39 is 11.4 Å². The number of nitrogens with two attached hydrogens (primary N) is 2. The first-order chi connectivity index (χ1) is 7.76. The first-order valence-electron chi connectivity index (χ1n) is 6.13. The van der Waals surface area contributed by atoms with Gasteiger partial charge in [0.15, 0.2) is 0 Å². The number of amides is 2. The quantitative estimate of drug-likeness (QED) is 0.681. The molecule has 0 bridgehead atoms. The summed E-state index contributed by atoms with van der Waals surface area (Å²) in [7, 11) is 0. The minimum absolute atomic E-state index is 0.0596. The molecule has 0 rings (SSSR count). The SMILES string of the molecule is CCC(N)(CC)C(=O)N(CC(N)=O)CC(C)C. The minimum atomic E-state index is -0.885. The second kappa shape index (κ2) is 6.59. The highest BCUT2D eigenvalue weighted by atomic mass is 16.2. The third-order valence-corrected chi connectivity index (χ3v) is 2.91. The third kappa shape index (κ3) is 4.73. The Morgan fingerprint density at radius 1 is 1.24 bits per heavy atom. The highest BCUT2D eigenvalue weighted by Gasteiger charge is 2.34. The van der Waals surface area contributed by atoms with E-state index in [0.717, 1.165) is 0 Å². The van der Waals surface area contributed by atoms with Crippen LogP contribution < -0.4 is 11.5 Å². The van der Waals surface area contributed by atoms with Crippen molar-refractivity contribution in [3.63, 3.8) is 0 Å². The molecule has 0 unspecified atom stereocenters. The maximum Gasteiger partial charge on any atom is 0.243 e. The molecule has 0 aromatic heterocycles. The van der Waals surface area contributed by atoms with Gasteiger partial charge < -0.3 is 16.4 Å². The van der Waals surface area contributed by atoms with Gasteiger partial charge in [0.2, 0.25) is 11.8 Å². The second-order valence-corrected chi connectivity index (χ2v) is 4.91. The molecule has 0 radical (unpaired) electrons. The second-order valence-electron chi connectivity index (χ2n) is 4.91. The number of primary amides is 1. The fourth-order valence-electron chi connectivity index (χ4n) is 1.72. The molecule has 100 valence electrons. The fourth-order valence-corrected chi connectivity index (χ4v) is 1.72. The van der Waals surface area contributed by atoms with E-state index in [9.17, 15) is 9.59 Å². The number of carbonyl (C=O) groups is 2. The zero-order chi connectivity index (χ0) is 13.6. The summed E-state index contributed by atoms with van der Waals surface area (Å²) in [4.78, 5) is 24.8. The Morgan fingerprint density at radius 3 is 2.00 bits per heavy atom. The lowest BCUT2D eigenvalue weighted by Gasteiger charge is -2.33. The van der Waals surface area contributed by atoms with Gasteiger partial charge in [-0.1, -0.05) is 27.7 Å². The van der Waals surface area contributed by atoms with Crippen molar-refractivity contribution >= 4 is 11.8 Å². The summed E-state index contributed by atoms with van der Waals surface area (Å²) in [6.45, 7) is 8.16. The van der Waals surface area contributed by atoms with Gasteiger partial charge in [0.05, 0.1) is 12.1 Å². The van der Waals surface area contributed by atoms with Crippen molar-refractivity contribution < 1.29 is 9.59 Å². The first-order valence-corrected chi connectivity index (χ1v) is 6.13. The van der Waals surface area contributed by atoms with E-state index >= 15 is 0 Å². The highest BCUT2D eigenvalue weighted by molar-refractivity contribution is 5.89. The average molecular weight is 243 g/mol. The van der Waals surface area contributed by atoms with E-state index in [0.29, 0.717) is 19.4 Å². The van der Waals surface area contributed by atoms with Gasteiger partial charge in [-0.15, -0.1) is 0 Å². The molecular formula is C12H25N3O2. The van der Waals surface area contributed by atoms with Crippen molar-refractivity contribution in [2.24, 2.45) is 17.4 Å². The van der Waals surface area contributed by atoms with Gasteiger partial charge in [0.25, 0.3) is 0 Å². The minimum Gasteiger partial charge on any atom is -0.368 e. The molecule has 5 nitrogen and oxygen atoms in total. The molecule has 0 fully saturated rings. The summed E-state index contributed by atoms with van der Waals surface area (Å²) < 4.78 is 0. The number of carbonyl (C=O) groups excluding carboxylic acids is 2. The lowest BCUT2D eigenvalue weighted by Crippen LogP contribution is -2.56. The van der Waals surface area contributed by atoms with Gasteiger partial charge in [-0.2, -0.15) is 0 Å². The standard InChI is InChI=1S/C12H25N3O2/c1-5-12(14,6-2)11(17)15(7-9(3)4)8-10(13)16/h9H,5-8,14H2,1-4H3,(H2,13,16). The van der Waals surface area contributed by atoms with Crippen molar-refractivity contribution in [3.8, 4) is 0 Å². The van der Waals surface area contributed by atoms with Gasteiger partial charge in [-0.3, -0.25) is 9.59 Å². The molecule has 0 atom stereocenters. The van der Waals surface area contributed by atoms with Crippen molar-refractivity contribution in [1.82, 2.24) is 4.90 Å². The van der Waals surface area contributed by atoms with Crippen molar-refractivity contribution in [3.05, 3.63) is 0 Å². The lowest BCUT2D eigenvalue weighted by molar-refractivity contribution is -0.140. The third-order valence-electron chi connectivity index (χ3n) is 2.91. The maximum atomic E-state index is 12.3. The first kappa shape index (κ1) is 15.9. The van der Waals surface area contributed by atoms with Crippen LogP contribution in [-0.2, 0) is 9.59 Å². The normalized spacial score (nSPS) is 11.6. The summed E-state index contributed by atoms with van der Waals surface area (Å²) in [6, 6.07) is 0. The smallest absolute Gasteiger partial charge is 0.243 e. The van der Waals surface area contributed by atoms with Crippen LogP contribution in [0.2, 0.25) is 0 Å². The van der Waals surface area contributed by atoms with Crippen LogP contribution in [0.25, 0.3) is 0 Å². The molecule has 0 aliphatic heterocycles. The summed E-state index contributed by atoms with van der Waals surface area (Å²) in [5.74, 6) is -0.417. The summed E-state index contributed by atoms with van der Waals surface area (Å²) in [6.07, 6.45) is 1.10. The zero-order valence-corrected chi connectivity index (χ0v) is 11.3. The number of hydrogen-bond donors (Lipinski definition) is 2. The molecule has 0 aromatic rings. The van der Waals surface area contributed by atoms with E-state index in [-0.39, 0.29) is 18.4 Å². The molecule has 4 N–H and O–H groups in total. The van der Waals surface area contributed by atoms with Gasteiger partial charge in [0.1, 0.15) is 0 Å². The fraction of sp³-hybridized carbons (Fsp3) is 0.833. The van der Waals surface area contributed by atoms with Crippen LogP contribution in [0, 0.1) is 5.92 Å². The molecule has 5 heteroatoms. The molecule has 0 saturated heterocycles. The van der Waals surface area contributed by atoms with E-state index in [1.165, 1.54) is 4.90 Å². The van der Waals surface area contributed by atoms with Crippen molar-refractivity contribution in [2.75, 3.05) is 13.1 Å². The number of rotatable bonds is 7. The molecule has 17 heavy (non-hydrogen) atoms. The monoisotopic (exact) mass is 243 g/mol. The van der Waals surface area contributed by atoms with E-state index in [1.54, 1.807) is 0 Å². The molecule has 0 aliphatic rings. The number of nitrogens with zero attached hydrogens (tertiary/aromatic N) is 1. The predicted octanol–water partition coefficient (Wildman–Crippen LogP) is 0.474. The molecule has 0 saturated carbocycles. The highest BCUT2D eigenvalue weighted by Crippen LogP contribution is 2.16. The van der Waals surface area contributed by atoms with Crippen LogP contribution in [0.5, 0.6) is 0 Å². The van der Waals surface area contributed by atoms with Crippen LogP contribution >= 0.6 is 0 Å². The van der Waals surface area contributed by atoms with E-state index in [4.69, 9.17) is 11.5 Å². The topological polar surface area (TPSA) is 89.4 Å². The summed E-state index contributed by atoms with van der Waals surface area (Å²) in [5.41, 5.74) is 10.3. The Kier molecular flexibility index (Phi) is 6.16. The van der Waals surface area contributed by atoms with Gasteiger partial charge in [0, 0.05) is 6.54 Å². The lowest BCUT2D eigenvalue weighted by atomic mass is 9.92. The number of hydrogen-bond acceptors (Lipinski definition) is 3. The Bertz CT molecular complexity index is 273. The Morgan fingerprint density at radius 2 is 1.71 bits per heavy atom. The van der Waals surface area contributed by atoms with Gasteiger partial charge in [-0.25, -0.2) is 0 Å². The summed E-state index contributed by atoms with van der Waals surface area (Å²) in [5, 5.41) is 0. The van der Waals surface area contributed by atoms with Gasteiger partial charge in [-0.05, 0) is 18.8 Å². The van der Waals surface area contributed by atoms with Crippen molar-refractivity contribution in [1.29, 1.82) is 0 Å². The Labute approximate surface area is 104 Å². The maximum absolute atomic E-state index is 12.3. The molecule has 0 spiro atoms. The largest absolute Gasteiger partial charge is 0.368 e. The molecule has 2 amide bonds. The van der Waals surface area contributed by atoms with E-state index in [2.05, 4.69) is 0 Å². The van der Waals surface area contributed by atoms with E-state index in [1.807, 2.05) is 27.7 Å². The molecule has 0 aromatic carbocycles. The van der Waals surface area contributed by atoms with Gasteiger partial charge >= 0.3 is 0 Å². The van der Waals surface area contributed by atoms with Crippen LogP contribution in [0.15, 0.2) is 0 Å². The molecule has 0 aliphatic carbocycles. The summed E-state index contributed by atoms with van der Waals surface area (Å²) >= 11 is 0. The predicted molar refractivity (Wildman–Crippen MR) is 68.1 cm³/mol. The Hall–Kier alpha value is -1.10. The molecule has 0 heterocycles. The van der Waals surface area contributed by atoms with Crippen molar-refractivity contribution in [2.45, 2.75) is 46.1 Å². The molecular weight excluding hydrogens is 218 g/mol. The Balaban J connectivity index is 4.90. The zero-order valence-electron chi connectivity index (χ0n) is 11.3. The van der Waals surface area contributed by atoms with Crippen LogP contribution in [0.3, 0.4) is 0 Å². The van der Waals surface area contributed by atoms with Crippen LogP contribution in [0.1, 0.15) is 40.5 Å². The van der Waals surface area contributed by atoms with Crippen LogP contribution in [-0.4, -0.2) is 35.3 Å². The average Bonchev–Trinajstić information content (AvgIpc) is 2.24. The van der Waals surface area contributed by atoms with Crippen LogP contribution in [0.4, 0.5) is 0 Å².